The Hall–Kier alpha value is -1.83. The number of urea groups is 1. The van der Waals surface area contributed by atoms with E-state index in [1.165, 1.54) is 4.90 Å². The van der Waals surface area contributed by atoms with Crippen LogP contribution in [0, 0.1) is 0 Å². The van der Waals surface area contributed by atoms with Gasteiger partial charge in [0.05, 0.1) is 6.61 Å². The SMILES string of the molecule is CCNC(=O)CN(CC)C(=O)NCCOCC(=O)O. The van der Waals surface area contributed by atoms with Crippen molar-refractivity contribution in [2.24, 2.45) is 0 Å². The molecule has 0 fully saturated rings. The molecule has 8 nitrogen and oxygen atoms in total. The molecule has 8 heteroatoms. The number of nitrogens with zero attached hydrogens (tertiary/aromatic N) is 1. The van der Waals surface area contributed by atoms with Gasteiger partial charge in [0, 0.05) is 19.6 Å². The van der Waals surface area contributed by atoms with Gasteiger partial charge in [-0.05, 0) is 13.8 Å². The Morgan fingerprint density at radius 3 is 2.42 bits per heavy atom. The van der Waals surface area contributed by atoms with Crippen molar-refractivity contribution in [1.29, 1.82) is 0 Å². The van der Waals surface area contributed by atoms with Crippen molar-refractivity contribution < 1.29 is 24.2 Å². The zero-order chi connectivity index (χ0) is 14.7. The summed E-state index contributed by atoms with van der Waals surface area (Å²) in [7, 11) is 0. The number of amides is 3. The van der Waals surface area contributed by atoms with Crippen LogP contribution >= 0.6 is 0 Å². The smallest absolute Gasteiger partial charge is 0.329 e. The molecule has 19 heavy (non-hydrogen) atoms. The first-order valence-corrected chi connectivity index (χ1v) is 6.10. The topological polar surface area (TPSA) is 108 Å². The highest BCUT2D eigenvalue weighted by Crippen LogP contribution is 1.89. The lowest BCUT2D eigenvalue weighted by Crippen LogP contribution is -2.46. The van der Waals surface area contributed by atoms with E-state index < -0.39 is 12.6 Å². The van der Waals surface area contributed by atoms with Gasteiger partial charge in [-0.15, -0.1) is 0 Å². The maximum Gasteiger partial charge on any atom is 0.329 e. The molecule has 0 saturated carbocycles. The highest BCUT2D eigenvalue weighted by atomic mass is 16.5. The number of hydrogen-bond donors (Lipinski definition) is 3. The molecule has 0 aliphatic heterocycles. The van der Waals surface area contributed by atoms with Gasteiger partial charge in [-0.2, -0.15) is 0 Å². The summed E-state index contributed by atoms with van der Waals surface area (Å²) in [5.41, 5.74) is 0. The van der Waals surface area contributed by atoms with E-state index in [1.807, 2.05) is 0 Å². The Morgan fingerprint density at radius 1 is 1.21 bits per heavy atom. The van der Waals surface area contributed by atoms with E-state index in [2.05, 4.69) is 10.6 Å². The standard InChI is InChI=1S/C11H21N3O5/c1-3-12-9(15)7-14(4-2)11(18)13-5-6-19-8-10(16)17/h3-8H2,1-2H3,(H,12,15)(H,13,18)(H,16,17). The number of carbonyl (C=O) groups excluding carboxylic acids is 2. The normalized spacial score (nSPS) is 9.79. The summed E-state index contributed by atoms with van der Waals surface area (Å²) in [6.07, 6.45) is 0. The predicted molar refractivity (Wildman–Crippen MR) is 67.8 cm³/mol. The zero-order valence-corrected chi connectivity index (χ0v) is 11.3. The van der Waals surface area contributed by atoms with Crippen molar-refractivity contribution in [2.45, 2.75) is 13.8 Å². The second-order valence-corrected chi connectivity index (χ2v) is 3.65. The molecule has 0 aromatic carbocycles. The second-order valence-electron chi connectivity index (χ2n) is 3.65. The highest BCUT2D eigenvalue weighted by molar-refractivity contribution is 5.83. The van der Waals surface area contributed by atoms with Crippen LogP contribution in [-0.4, -0.2) is 67.3 Å². The number of nitrogens with one attached hydrogen (secondary N) is 2. The first kappa shape index (κ1) is 17.2. The number of carboxylic acids is 1. The number of aliphatic carboxylic acids is 1. The highest BCUT2D eigenvalue weighted by Gasteiger charge is 2.14. The Bertz CT molecular complexity index is 309. The molecular weight excluding hydrogens is 254 g/mol. The lowest BCUT2D eigenvalue weighted by atomic mass is 10.4. The zero-order valence-electron chi connectivity index (χ0n) is 11.3. The molecule has 0 radical (unpaired) electrons. The molecule has 0 aliphatic rings. The van der Waals surface area contributed by atoms with Gasteiger partial charge in [-0.25, -0.2) is 9.59 Å². The molecule has 0 aromatic rings. The van der Waals surface area contributed by atoms with Crippen LogP contribution in [0.15, 0.2) is 0 Å². The third-order valence-electron chi connectivity index (χ3n) is 2.13. The average Bonchev–Trinajstić information content (AvgIpc) is 2.35. The van der Waals surface area contributed by atoms with Crippen LogP contribution in [0.5, 0.6) is 0 Å². The first-order valence-electron chi connectivity index (χ1n) is 6.10. The van der Waals surface area contributed by atoms with Crippen LogP contribution in [0.25, 0.3) is 0 Å². The van der Waals surface area contributed by atoms with Crippen LogP contribution in [0.4, 0.5) is 4.79 Å². The third kappa shape index (κ3) is 8.83. The fourth-order valence-corrected chi connectivity index (χ4v) is 1.26. The van der Waals surface area contributed by atoms with Crippen molar-refractivity contribution in [3.63, 3.8) is 0 Å². The number of carbonyl (C=O) groups is 3. The minimum absolute atomic E-state index is 0.00778. The van der Waals surface area contributed by atoms with E-state index in [0.29, 0.717) is 13.1 Å². The summed E-state index contributed by atoms with van der Waals surface area (Å²) >= 11 is 0. The van der Waals surface area contributed by atoms with Crippen LogP contribution in [0.1, 0.15) is 13.8 Å². The minimum atomic E-state index is -1.06. The molecule has 0 rings (SSSR count). The number of rotatable bonds is 9. The van der Waals surface area contributed by atoms with Crippen molar-refractivity contribution in [2.75, 3.05) is 39.4 Å². The number of likely N-dealkylation sites (N-methyl/N-ethyl adjacent to an activating group) is 2. The van der Waals surface area contributed by atoms with Crippen molar-refractivity contribution in [3.8, 4) is 0 Å². The van der Waals surface area contributed by atoms with Gasteiger partial charge >= 0.3 is 12.0 Å². The average molecular weight is 275 g/mol. The van der Waals surface area contributed by atoms with Gasteiger partial charge in [-0.3, -0.25) is 4.79 Å². The van der Waals surface area contributed by atoms with Gasteiger partial charge in [-0.1, -0.05) is 0 Å². The van der Waals surface area contributed by atoms with Crippen molar-refractivity contribution >= 4 is 17.9 Å². The van der Waals surface area contributed by atoms with Gasteiger partial charge in [0.1, 0.15) is 13.2 Å². The van der Waals surface area contributed by atoms with Crippen LogP contribution in [0.3, 0.4) is 0 Å². The Kier molecular flexibility index (Phi) is 9.15. The molecule has 0 aliphatic carbocycles. The summed E-state index contributed by atoms with van der Waals surface area (Å²) < 4.78 is 4.77. The Labute approximate surface area is 112 Å². The summed E-state index contributed by atoms with van der Waals surface area (Å²) in [5.74, 6) is -1.28. The Balaban J connectivity index is 3.88. The molecule has 0 unspecified atom stereocenters. The number of carboxylic acid groups (broad SMARTS) is 1. The van der Waals surface area contributed by atoms with Gasteiger partial charge in [0.2, 0.25) is 5.91 Å². The van der Waals surface area contributed by atoms with E-state index in [-0.39, 0.29) is 31.6 Å². The number of ether oxygens (including phenoxy) is 1. The Morgan fingerprint density at radius 2 is 1.89 bits per heavy atom. The molecule has 3 N–H and O–H groups in total. The van der Waals surface area contributed by atoms with E-state index in [1.54, 1.807) is 13.8 Å². The van der Waals surface area contributed by atoms with Crippen molar-refractivity contribution in [3.05, 3.63) is 0 Å². The minimum Gasteiger partial charge on any atom is -0.480 e. The molecule has 0 atom stereocenters. The van der Waals surface area contributed by atoms with Crippen LogP contribution < -0.4 is 10.6 Å². The van der Waals surface area contributed by atoms with E-state index in [4.69, 9.17) is 9.84 Å². The van der Waals surface area contributed by atoms with Gasteiger partial charge in [0.25, 0.3) is 0 Å². The summed E-state index contributed by atoms with van der Waals surface area (Å²) in [4.78, 5) is 34.5. The molecule has 0 aromatic heterocycles. The van der Waals surface area contributed by atoms with Crippen LogP contribution in [-0.2, 0) is 14.3 Å². The monoisotopic (exact) mass is 275 g/mol. The maximum absolute atomic E-state index is 11.7. The summed E-state index contributed by atoms with van der Waals surface area (Å²) in [6.45, 7) is 4.38. The second kappa shape index (κ2) is 10.1. The largest absolute Gasteiger partial charge is 0.480 e. The lowest BCUT2D eigenvalue weighted by molar-refractivity contribution is -0.142. The molecular formula is C11H21N3O5. The van der Waals surface area contributed by atoms with E-state index in [9.17, 15) is 14.4 Å². The predicted octanol–water partition coefficient (Wildman–Crippen LogP) is -0.745. The van der Waals surface area contributed by atoms with Gasteiger partial charge in [0.15, 0.2) is 0 Å². The number of hydrogen-bond acceptors (Lipinski definition) is 4. The van der Waals surface area contributed by atoms with Gasteiger partial charge < -0.3 is 25.4 Å². The summed E-state index contributed by atoms with van der Waals surface area (Å²) in [6, 6.07) is -0.382. The molecule has 0 heterocycles. The maximum atomic E-state index is 11.7. The fraction of sp³-hybridized carbons (Fsp3) is 0.727. The molecule has 0 spiro atoms. The van der Waals surface area contributed by atoms with Crippen LogP contribution in [0.2, 0.25) is 0 Å². The van der Waals surface area contributed by atoms with Crippen molar-refractivity contribution in [1.82, 2.24) is 15.5 Å². The van der Waals surface area contributed by atoms with E-state index >= 15 is 0 Å². The van der Waals surface area contributed by atoms with E-state index in [0.717, 1.165) is 0 Å². The molecule has 3 amide bonds. The quantitative estimate of drug-likeness (QED) is 0.480. The first-order chi connectivity index (χ1) is 9.01. The third-order valence-corrected chi connectivity index (χ3v) is 2.13. The lowest BCUT2D eigenvalue weighted by Gasteiger charge is -2.20. The molecule has 0 saturated heterocycles. The molecule has 110 valence electrons. The molecule has 0 bridgehead atoms. The summed E-state index contributed by atoms with van der Waals surface area (Å²) in [5, 5.41) is 13.5. The fourth-order valence-electron chi connectivity index (χ4n) is 1.26.